The fourth-order valence-electron chi connectivity index (χ4n) is 3.37. The fourth-order valence-corrected chi connectivity index (χ4v) is 3.37. The fraction of sp³-hybridized carbons (Fsp3) is 0.381. The molecule has 0 bridgehead atoms. The van der Waals surface area contributed by atoms with Crippen LogP contribution in [0.25, 0.3) is 0 Å². The predicted octanol–water partition coefficient (Wildman–Crippen LogP) is 4.03. The first-order valence-corrected chi connectivity index (χ1v) is 8.76. The molecule has 3 rings (SSSR count). The Morgan fingerprint density at radius 3 is 2.24 bits per heavy atom. The highest BCUT2D eigenvalue weighted by atomic mass is 16.5. The number of ether oxygens (including phenoxy) is 2. The molecule has 0 saturated carbocycles. The number of carboxylic acid groups (broad SMARTS) is 1. The van der Waals surface area contributed by atoms with E-state index >= 15 is 0 Å². The molecule has 2 atom stereocenters. The Balaban J connectivity index is 1.67. The predicted molar refractivity (Wildman–Crippen MR) is 95.9 cm³/mol. The zero-order valence-electron chi connectivity index (χ0n) is 14.6. The van der Waals surface area contributed by atoms with E-state index in [4.69, 9.17) is 9.47 Å². The number of carboxylic acids is 1. The minimum atomic E-state index is -0.859. The summed E-state index contributed by atoms with van der Waals surface area (Å²) in [5, 5.41) is 9.27. The number of fused-ring (bicyclic) bond motifs is 1. The lowest BCUT2D eigenvalue weighted by Crippen LogP contribution is -2.21. The molecule has 1 N–H and O–H groups in total. The van der Waals surface area contributed by atoms with Gasteiger partial charge in [0.15, 0.2) is 0 Å². The molecule has 0 spiro atoms. The van der Waals surface area contributed by atoms with Crippen molar-refractivity contribution < 1.29 is 19.4 Å². The summed E-state index contributed by atoms with van der Waals surface area (Å²) in [6.07, 6.45) is 1.56. The number of aliphatic carboxylic acids is 1. The lowest BCUT2D eigenvalue weighted by atomic mass is 9.97. The molecule has 25 heavy (non-hydrogen) atoms. The highest BCUT2D eigenvalue weighted by molar-refractivity contribution is 5.70. The molecule has 0 fully saturated rings. The van der Waals surface area contributed by atoms with Crippen molar-refractivity contribution in [3.05, 3.63) is 65.2 Å². The van der Waals surface area contributed by atoms with E-state index in [1.54, 1.807) is 6.92 Å². The largest absolute Gasteiger partial charge is 0.490 e. The molecule has 0 heterocycles. The number of carbonyl (C=O) groups is 1. The highest BCUT2D eigenvalue weighted by Crippen LogP contribution is 2.30. The summed E-state index contributed by atoms with van der Waals surface area (Å²) < 4.78 is 11.7. The molecule has 1 aliphatic rings. The van der Waals surface area contributed by atoms with Gasteiger partial charge in [-0.3, -0.25) is 4.79 Å². The summed E-state index contributed by atoms with van der Waals surface area (Å²) in [4.78, 5) is 11.3. The second kappa shape index (κ2) is 7.70. The third-order valence-corrected chi connectivity index (χ3v) is 4.71. The van der Waals surface area contributed by atoms with Crippen LogP contribution >= 0.6 is 0 Å². The average molecular weight is 340 g/mol. The maximum atomic E-state index is 11.3. The third kappa shape index (κ3) is 4.02. The van der Waals surface area contributed by atoms with Crippen LogP contribution in [0.2, 0.25) is 0 Å². The molecule has 0 saturated heterocycles. The second-order valence-electron chi connectivity index (χ2n) is 6.49. The van der Waals surface area contributed by atoms with Crippen molar-refractivity contribution in [1.82, 2.24) is 0 Å². The molecule has 132 valence electrons. The van der Waals surface area contributed by atoms with E-state index in [2.05, 4.69) is 24.3 Å². The van der Waals surface area contributed by atoms with E-state index in [0.717, 1.165) is 24.2 Å². The topological polar surface area (TPSA) is 55.8 Å². The number of hydrogen-bond donors (Lipinski definition) is 1. The van der Waals surface area contributed by atoms with E-state index in [1.807, 2.05) is 31.2 Å². The van der Waals surface area contributed by atoms with Gasteiger partial charge in [0.1, 0.15) is 11.9 Å². The Morgan fingerprint density at radius 2 is 1.72 bits per heavy atom. The lowest BCUT2D eigenvalue weighted by molar-refractivity contribution is -0.146. The molecule has 2 aromatic carbocycles. The van der Waals surface area contributed by atoms with E-state index in [9.17, 15) is 9.90 Å². The Morgan fingerprint density at radius 1 is 1.12 bits per heavy atom. The first-order valence-electron chi connectivity index (χ1n) is 8.76. The standard InChI is InChI=1S/C21H24O4/c1-3-24-20(14(2)21(22)23)15-8-10-18(11-9-15)25-19-12-16-6-4-5-7-17(16)13-19/h4-11,14,19-20H,3,12-13H2,1-2H3,(H,22,23)/t14?,20-/m0/s1. The Hall–Kier alpha value is -2.33. The Kier molecular flexibility index (Phi) is 5.39. The summed E-state index contributed by atoms with van der Waals surface area (Å²) in [7, 11) is 0. The molecular weight excluding hydrogens is 316 g/mol. The monoisotopic (exact) mass is 340 g/mol. The van der Waals surface area contributed by atoms with Gasteiger partial charge in [0.25, 0.3) is 0 Å². The van der Waals surface area contributed by atoms with Crippen LogP contribution in [-0.4, -0.2) is 23.8 Å². The van der Waals surface area contributed by atoms with Crippen molar-refractivity contribution in [3.63, 3.8) is 0 Å². The summed E-state index contributed by atoms with van der Waals surface area (Å²) in [5.74, 6) is -0.654. The van der Waals surface area contributed by atoms with Gasteiger partial charge in [-0.2, -0.15) is 0 Å². The molecular formula is C21H24O4. The molecule has 1 unspecified atom stereocenters. The summed E-state index contributed by atoms with van der Waals surface area (Å²) >= 11 is 0. The Bertz CT molecular complexity index is 698. The maximum Gasteiger partial charge on any atom is 0.309 e. The molecule has 0 aliphatic heterocycles. The summed E-state index contributed by atoms with van der Waals surface area (Å²) in [6, 6.07) is 16.0. The van der Waals surface area contributed by atoms with Gasteiger partial charge in [-0.05, 0) is 42.7 Å². The zero-order valence-corrected chi connectivity index (χ0v) is 14.6. The second-order valence-corrected chi connectivity index (χ2v) is 6.49. The molecule has 0 amide bonds. The first-order chi connectivity index (χ1) is 12.1. The third-order valence-electron chi connectivity index (χ3n) is 4.71. The molecule has 0 aromatic heterocycles. The quantitative estimate of drug-likeness (QED) is 0.827. The van der Waals surface area contributed by atoms with Crippen molar-refractivity contribution in [2.45, 2.75) is 38.9 Å². The van der Waals surface area contributed by atoms with Crippen LogP contribution in [-0.2, 0) is 22.4 Å². The van der Waals surface area contributed by atoms with Crippen LogP contribution < -0.4 is 4.74 Å². The van der Waals surface area contributed by atoms with Gasteiger partial charge in [0.2, 0.25) is 0 Å². The van der Waals surface area contributed by atoms with Gasteiger partial charge in [0, 0.05) is 19.4 Å². The van der Waals surface area contributed by atoms with Crippen molar-refractivity contribution in [3.8, 4) is 5.75 Å². The SMILES string of the molecule is CCO[C@H](c1ccc(OC2Cc3ccccc3C2)cc1)C(C)C(=O)O. The van der Waals surface area contributed by atoms with Gasteiger partial charge in [-0.1, -0.05) is 36.4 Å². The van der Waals surface area contributed by atoms with Crippen LogP contribution in [0.1, 0.15) is 36.6 Å². The highest BCUT2D eigenvalue weighted by Gasteiger charge is 2.26. The Labute approximate surface area is 148 Å². The van der Waals surface area contributed by atoms with Crippen LogP contribution in [0.4, 0.5) is 0 Å². The molecule has 0 radical (unpaired) electrons. The molecule has 1 aliphatic carbocycles. The van der Waals surface area contributed by atoms with Crippen molar-refractivity contribution in [2.75, 3.05) is 6.61 Å². The van der Waals surface area contributed by atoms with Crippen molar-refractivity contribution in [2.24, 2.45) is 5.92 Å². The molecule has 4 heteroatoms. The van der Waals surface area contributed by atoms with Gasteiger partial charge < -0.3 is 14.6 Å². The van der Waals surface area contributed by atoms with Crippen molar-refractivity contribution in [1.29, 1.82) is 0 Å². The molecule has 2 aromatic rings. The normalized spacial score (nSPS) is 16.2. The maximum absolute atomic E-state index is 11.3. The summed E-state index contributed by atoms with van der Waals surface area (Å²) in [6.45, 7) is 4.01. The zero-order chi connectivity index (χ0) is 17.8. The smallest absolute Gasteiger partial charge is 0.309 e. The molecule has 4 nitrogen and oxygen atoms in total. The van der Waals surface area contributed by atoms with Crippen LogP contribution in [0, 0.1) is 5.92 Å². The van der Waals surface area contributed by atoms with Gasteiger partial charge in [-0.15, -0.1) is 0 Å². The first kappa shape index (κ1) is 17.5. The van der Waals surface area contributed by atoms with E-state index in [0.29, 0.717) is 6.61 Å². The minimum absolute atomic E-state index is 0.156. The lowest BCUT2D eigenvalue weighted by Gasteiger charge is -2.22. The van der Waals surface area contributed by atoms with Gasteiger partial charge in [-0.25, -0.2) is 0 Å². The van der Waals surface area contributed by atoms with Gasteiger partial charge in [0.05, 0.1) is 12.0 Å². The minimum Gasteiger partial charge on any atom is -0.490 e. The van der Waals surface area contributed by atoms with Gasteiger partial charge >= 0.3 is 5.97 Å². The van der Waals surface area contributed by atoms with E-state index < -0.39 is 18.0 Å². The van der Waals surface area contributed by atoms with E-state index in [-0.39, 0.29) is 6.10 Å². The summed E-state index contributed by atoms with van der Waals surface area (Å²) in [5.41, 5.74) is 3.57. The number of benzene rings is 2. The number of rotatable bonds is 7. The average Bonchev–Trinajstić information content (AvgIpc) is 3.02. The van der Waals surface area contributed by atoms with Crippen LogP contribution in [0.15, 0.2) is 48.5 Å². The van der Waals surface area contributed by atoms with Crippen LogP contribution in [0.5, 0.6) is 5.75 Å². The van der Waals surface area contributed by atoms with Crippen LogP contribution in [0.3, 0.4) is 0 Å². The van der Waals surface area contributed by atoms with Crippen molar-refractivity contribution >= 4 is 5.97 Å². The van der Waals surface area contributed by atoms with E-state index in [1.165, 1.54) is 11.1 Å². The number of hydrogen-bond acceptors (Lipinski definition) is 3.